The Bertz CT molecular complexity index is 699. The summed E-state index contributed by atoms with van der Waals surface area (Å²) in [7, 11) is 0. The van der Waals surface area contributed by atoms with Gasteiger partial charge in [0, 0.05) is 5.69 Å². The number of amides is 2. The summed E-state index contributed by atoms with van der Waals surface area (Å²) >= 11 is 0. The highest BCUT2D eigenvalue weighted by Crippen LogP contribution is 2.18. The first-order chi connectivity index (χ1) is 11.0. The van der Waals surface area contributed by atoms with E-state index in [9.17, 15) is 14.7 Å². The second-order valence-electron chi connectivity index (χ2n) is 5.32. The van der Waals surface area contributed by atoms with E-state index in [1.165, 1.54) is 0 Å². The molecular weight excluding hydrogens is 292 g/mol. The monoisotopic (exact) mass is 312 g/mol. The fraction of sp³-hybridized carbons (Fsp3) is 0.222. The van der Waals surface area contributed by atoms with E-state index in [4.69, 9.17) is 0 Å². The van der Waals surface area contributed by atoms with Crippen LogP contribution in [0, 0.1) is 13.8 Å². The molecule has 5 nitrogen and oxygen atoms in total. The Hall–Kier alpha value is -2.66. The van der Waals surface area contributed by atoms with Gasteiger partial charge in [-0.15, -0.1) is 0 Å². The summed E-state index contributed by atoms with van der Waals surface area (Å²) in [5, 5.41) is 14.6. The third kappa shape index (κ3) is 4.17. The van der Waals surface area contributed by atoms with Gasteiger partial charge < -0.3 is 15.7 Å². The number of benzene rings is 2. The van der Waals surface area contributed by atoms with Crippen molar-refractivity contribution in [2.45, 2.75) is 19.9 Å². The van der Waals surface area contributed by atoms with Gasteiger partial charge in [0.25, 0.3) is 0 Å². The lowest BCUT2D eigenvalue weighted by molar-refractivity contribution is -0.136. The molecule has 2 rings (SSSR count). The average molecular weight is 312 g/mol. The number of hydrogen-bond donors (Lipinski definition) is 3. The predicted molar refractivity (Wildman–Crippen MR) is 89.0 cm³/mol. The lowest BCUT2D eigenvalue weighted by Crippen LogP contribution is -2.39. The van der Waals surface area contributed by atoms with Crippen LogP contribution in [0.5, 0.6) is 0 Å². The topological polar surface area (TPSA) is 78.4 Å². The second-order valence-corrected chi connectivity index (χ2v) is 5.32. The maximum Gasteiger partial charge on any atom is 0.313 e. The molecular formula is C18H20N2O3. The van der Waals surface area contributed by atoms with Crippen molar-refractivity contribution < 1.29 is 14.7 Å². The molecule has 2 aromatic carbocycles. The third-order valence-corrected chi connectivity index (χ3v) is 3.75. The quantitative estimate of drug-likeness (QED) is 0.757. The van der Waals surface area contributed by atoms with Crippen LogP contribution in [0.25, 0.3) is 0 Å². The van der Waals surface area contributed by atoms with E-state index < -0.39 is 17.9 Å². The fourth-order valence-electron chi connectivity index (χ4n) is 2.21. The van der Waals surface area contributed by atoms with Crippen molar-refractivity contribution in [1.29, 1.82) is 0 Å². The lowest BCUT2D eigenvalue weighted by Gasteiger charge is -2.17. The van der Waals surface area contributed by atoms with Gasteiger partial charge in [-0.3, -0.25) is 9.59 Å². The van der Waals surface area contributed by atoms with E-state index in [-0.39, 0.29) is 6.61 Å². The van der Waals surface area contributed by atoms with Crippen molar-refractivity contribution in [3.63, 3.8) is 0 Å². The standard InChI is InChI=1S/C18H20N2O3/c1-12-7-6-10-15(13(12)2)19-17(22)18(23)20-16(11-21)14-8-4-3-5-9-14/h3-10,16,21H,11H2,1-2H3,(H,19,22)(H,20,23). The van der Waals surface area contributed by atoms with Crippen LogP contribution < -0.4 is 10.6 Å². The highest BCUT2D eigenvalue weighted by atomic mass is 16.3. The summed E-state index contributed by atoms with van der Waals surface area (Å²) in [4.78, 5) is 24.1. The molecule has 0 aliphatic rings. The lowest BCUT2D eigenvalue weighted by atomic mass is 10.1. The van der Waals surface area contributed by atoms with Crippen LogP contribution >= 0.6 is 0 Å². The normalized spacial score (nSPS) is 11.6. The van der Waals surface area contributed by atoms with Crippen LogP contribution in [0.15, 0.2) is 48.5 Å². The summed E-state index contributed by atoms with van der Waals surface area (Å²) in [5.41, 5.74) is 3.28. The zero-order valence-corrected chi connectivity index (χ0v) is 13.2. The highest BCUT2D eigenvalue weighted by Gasteiger charge is 2.20. The second kappa shape index (κ2) is 7.56. The minimum absolute atomic E-state index is 0.285. The van der Waals surface area contributed by atoms with Crippen LogP contribution in [0.1, 0.15) is 22.7 Å². The molecule has 0 saturated carbocycles. The summed E-state index contributed by atoms with van der Waals surface area (Å²) in [5.74, 6) is -1.54. The molecule has 0 aromatic heterocycles. The molecule has 1 unspecified atom stereocenters. The van der Waals surface area contributed by atoms with Crippen molar-refractivity contribution in [3.05, 3.63) is 65.2 Å². The summed E-state index contributed by atoms with van der Waals surface area (Å²) in [6.07, 6.45) is 0. The number of anilines is 1. The van der Waals surface area contributed by atoms with Gasteiger partial charge in [0.1, 0.15) is 0 Å². The molecule has 0 heterocycles. The molecule has 0 aliphatic heterocycles. The molecule has 23 heavy (non-hydrogen) atoms. The van der Waals surface area contributed by atoms with Crippen LogP contribution in [0.3, 0.4) is 0 Å². The average Bonchev–Trinajstić information content (AvgIpc) is 2.57. The third-order valence-electron chi connectivity index (χ3n) is 3.75. The number of hydrogen-bond acceptors (Lipinski definition) is 3. The first-order valence-electron chi connectivity index (χ1n) is 7.36. The van der Waals surface area contributed by atoms with Crippen molar-refractivity contribution >= 4 is 17.5 Å². The SMILES string of the molecule is Cc1cccc(NC(=O)C(=O)NC(CO)c2ccccc2)c1C. The first-order valence-corrected chi connectivity index (χ1v) is 7.36. The van der Waals surface area contributed by atoms with E-state index in [1.807, 2.05) is 32.0 Å². The van der Waals surface area contributed by atoms with E-state index in [1.54, 1.807) is 30.3 Å². The molecule has 0 bridgehead atoms. The number of carbonyl (C=O) groups excluding carboxylic acids is 2. The summed E-state index contributed by atoms with van der Waals surface area (Å²) in [6, 6.07) is 13.9. The molecule has 5 heteroatoms. The molecule has 0 radical (unpaired) electrons. The van der Waals surface area contributed by atoms with Crippen molar-refractivity contribution in [2.75, 3.05) is 11.9 Å². The maximum atomic E-state index is 12.1. The molecule has 2 aromatic rings. The highest BCUT2D eigenvalue weighted by molar-refractivity contribution is 6.39. The van der Waals surface area contributed by atoms with Crippen molar-refractivity contribution in [3.8, 4) is 0 Å². The van der Waals surface area contributed by atoms with E-state index in [0.29, 0.717) is 5.69 Å². The molecule has 0 aliphatic carbocycles. The van der Waals surface area contributed by atoms with Crippen LogP contribution in [0.4, 0.5) is 5.69 Å². The Morgan fingerprint density at radius 1 is 1.00 bits per heavy atom. The summed E-state index contributed by atoms with van der Waals surface area (Å²) in [6.45, 7) is 3.53. The zero-order valence-electron chi connectivity index (χ0n) is 13.2. The van der Waals surface area contributed by atoms with Crippen LogP contribution in [-0.4, -0.2) is 23.5 Å². The number of nitrogens with one attached hydrogen (secondary N) is 2. The van der Waals surface area contributed by atoms with Gasteiger partial charge in [0.15, 0.2) is 0 Å². The smallest absolute Gasteiger partial charge is 0.313 e. The van der Waals surface area contributed by atoms with Gasteiger partial charge in [-0.2, -0.15) is 0 Å². The predicted octanol–water partition coefficient (Wildman–Crippen LogP) is 2.09. The largest absolute Gasteiger partial charge is 0.394 e. The Labute approximate surface area is 135 Å². The van der Waals surface area contributed by atoms with Crippen LogP contribution in [0.2, 0.25) is 0 Å². The van der Waals surface area contributed by atoms with Crippen LogP contribution in [-0.2, 0) is 9.59 Å². The number of aliphatic hydroxyl groups excluding tert-OH is 1. The molecule has 2 amide bonds. The van der Waals surface area contributed by atoms with Gasteiger partial charge in [-0.25, -0.2) is 0 Å². The molecule has 1 atom stereocenters. The number of carbonyl (C=O) groups is 2. The molecule has 0 saturated heterocycles. The van der Waals surface area contributed by atoms with Crippen molar-refractivity contribution in [2.24, 2.45) is 0 Å². The summed E-state index contributed by atoms with van der Waals surface area (Å²) < 4.78 is 0. The Balaban J connectivity index is 2.05. The van der Waals surface area contributed by atoms with Crippen molar-refractivity contribution in [1.82, 2.24) is 5.32 Å². The van der Waals surface area contributed by atoms with E-state index in [2.05, 4.69) is 10.6 Å². The zero-order chi connectivity index (χ0) is 16.8. The number of aliphatic hydroxyl groups is 1. The van der Waals surface area contributed by atoms with Gasteiger partial charge in [0.05, 0.1) is 12.6 Å². The number of aryl methyl sites for hydroxylation is 1. The molecule has 3 N–H and O–H groups in total. The Morgan fingerprint density at radius 2 is 1.70 bits per heavy atom. The number of rotatable bonds is 4. The van der Waals surface area contributed by atoms with Gasteiger partial charge in [0.2, 0.25) is 0 Å². The fourth-order valence-corrected chi connectivity index (χ4v) is 2.21. The molecule has 120 valence electrons. The molecule has 0 fully saturated rings. The van der Waals surface area contributed by atoms with Gasteiger partial charge >= 0.3 is 11.8 Å². The Morgan fingerprint density at radius 3 is 2.35 bits per heavy atom. The molecule has 0 spiro atoms. The van der Waals surface area contributed by atoms with Gasteiger partial charge in [-0.1, -0.05) is 42.5 Å². The van der Waals surface area contributed by atoms with E-state index >= 15 is 0 Å². The minimum atomic E-state index is -0.784. The minimum Gasteiger partial charge on any atom is -0.394 e. The van der Waals surface area contributed by atoms with E-state index in [0.717, 1.165) is 16.7 Å². The first kappa shape index (κ1) is 16.7. The maximum absolute atomic E-state index is 12.1. The Kier molecular flexibility index (Phi) is 5.49. The van der Waals surface area contributed by atoms with Gasteiger partial charge in [-0.05, 0) is 36.6 Å².